The topological polar surface area (TPSA) is 51.5 Å². The molecule has 0 bridgehead atoms. The predicted molar refractivity (Wildman–Crippen MR) is 88.3 cm³/mol. The molecule has 23 heavy (non-hydrogen) atoms. The lowest BCUT2D eigenvalue weighted by Gasteiger charge is -2.25. The molecule has 1 saturated carbocycles. The van der Waals surface area contributed by atoms with Crippen LogP contribution < -0.4 is 5.32 Å². The number of ether oxygens (including phenoxy) is 1. The molecule has 0 saturated heterocycles. The van der Waals surface area contributed by atoms with E-state index in [9.17, 15) is 4.39 Å². The van der Waals surface area contributed by atoms with E-state index in [4.69, 9.17) is 4.74 Å². The van der Waals surface area contributed by atoms with E-state index in [0.29, 0.717) is 12.7 Å². The summed E-state index contributed by atoms with van der Waals surface area (Å²) < 4.78 is 20.4. The number of aromatic nitrogens is 3. The maximum Gasteiger partial charge on any atom is 0.214 e. The summed E-state index contributed by atoms with van der Waals surface area (Å²) in [6, 6.07) is 6.31. The number of anilines is 1. The average Bonchev–Trinajstić information content (AvgIpc) is 3.04. The first-order chi connectivity index (χ1) is 11.3. The fraction of sp³-hybridized carbons (Fsp3) is 0.375. The number of hydrogen-bond acceptors (Lipinski definition) is 5. The van der Waals surface area contributed by atoms with Gasteiger partial charge in [0.25, 0.3) is 0 Å². The van der Waals surface area contributed by atoms with Crippen molar-refractivity contribution < 1.29 is 9.13 Å². The van der Waals surface area contributed by atoms with E-state index in [2.05, 4.69) is 15.4 Å². The first-order valence-electron chi connectivity index (χ1n) is 7.75. The molecule has 0 radical (unpaired) electrons. The van der Waals surface area contributed by atoms with Gasteiger partial charge in [-0.1, -0.05) is 11.3 Å². The summed E-state index contributed by atoms with van der Waals surface area (Å²) in [7, 11) is 0. The van der Waals surface area contributed by atoms with E-state index in [1.165, 1.54) is 42.7 Å². The second kappa shape index (κ2) is 6.25. The van der Waals surface area contributed by atoms with Gasteiger partial charge in [0.2, 0.25) is 10.1 Å². The van der Waals surface area contributed by atoms with Crippen LogP contribution in [-0.4, -0.2) is 33.9 Å². The first-order valence-corrected chi connectivity index (χ1v) is 8.57. The summed E-state index contributed by atoms with van der Waals surface area (Å²) in [6.07, 6.45) is 5.99. The fourth-order valence-corrected chi connectivity index (χ4v) is 3.26. The van der Waals surface area contributed by atoms with Gasteiger partial charge in [-0.25, -0.2) is 13.9 Å². The highest BCUT2D eigenvalue weighted by molar-refractivity contribution is 7.20. The van der Waals surface area contributed by atoms with Gasteiger partial charge in [0.1, 0.15) is 5.82 Å². The minimum absolute atomic E-state index is 0.247. The first kappa shape index (κ1) is 14.6. The smallest absolute Gasteiger partial charge is 0.214 e. The van der Waals surface area contributed by atoms with Crippen LogP contribution in [0.5, 0.6) is 0 Å². The van der Waals surface area contributed by atoms with Gasteiger partial charge in [-0.05, 0) is 43.5 Å². The molecule has 120 valence electrons. The van der Waals surface area contributed by atoms with E-state index >= 15 is 0 Å². The number of imidazole rings is 1. The Morgan fingerprint density at radius 3 is 2.83 bits per heavy atom. The highest BCUT2D eigenvalue weighted by atomic mass is 32.1. The van der Waals surface area contributed by atoms with E-state index in [1.54, 1.807) is 16.6 Å². The molecule has 4 rings (SSSR count). The average molecular weight is 332 g/mol. The summed E-state index contributed by atoms with van der Waals surface area (Å²) in [5.41, 5.74) is 1.68. The molecule has 2 aromatic heterocycles. The Hall–Kier alpha value is -1.99. The van der Waals surface area contributed by atoms with Crippen LogP contribution >= 0.6 is 11.3 Å². The van der Waals surface area contributed by atoms with E-state index in [0.717, 1.165) is 27.9 Å². The SMILES string of the molecule is Fc1ccc(-c2cn3nc(NCCOC4CCC4)sc3n2)cc1. The molecule has 0 aliphatic heterocycles. The third-order valence-corrected chi connectivity index (χ3v) is 4.85. The van der Waals surface area contributed by atoms with Crippen molar-refractivity contribution in [3.63, 3.8) is 0 Å². The summed E-state index contributed by atoms with van der Waals surface area (Å²) in [6.45, 7) is 1.45. The van der Waals surface area contributed by atoms with Gasteiger partial charge in [-0.15, -0.1) is 5.10 Å². The Kier molecular flexibility index (Phi) is 3.97. The van der Waals surface area contributed by atoms with Gasteiger partial charge < -0.3 is 10.1 Å². The number of rotatable bonds is 6. The standard InChI is InChI=1S/C16H17FN4OS/c17-12-6-4-11(5-7-12)14-10-21-16(19-14)23-15(20-21)18-8-9-22-13-2-1-3-13/h4-7,10,13H,1-3,8-9H2,(H,18,20). The lowest BCUT2D eigenvalue weighted by Crippen LogP contribution is -2.24. The molecule has 0 unspecified atom stereocenters. The van der Waals surface area contributed by atoms with Crippen LogP contribution in [0.3, 0.4) is 0 Å². The third kappa shape index (κ3) is 3.20. The molecule has 1 fully saturated rings. The van der Waals surface area contributed by atoms with Crippen molar-refractivity contribution in [1.29, 1.82) is 0 Å². The molecule has 1 aliphatic carbocycles. The minimum atomic E-state index is -0.247. The second-order valence-corrected chi connectivity index (χ2v) is 6.57. The van der Waals surface area contributed by atoms with Crippen molar-refractivity contribution in [1.82, 2.24) is 14.6 Å². The lowest BCUT2D eigenvalue weighted by atomic mass is 9.96. The molecule has 5 nitrogen and oxygen atoms in total. The molecule has 0 atom stereocenters. The molecular formula is C16H17FN4OS. The Labute approximate surface area is 137 Å². The molecule has 2 heterocycles. The van der Waals surface area contributed by atoms with Crippen molar-refractivity contribution in [3.05, 3.63) is 36.3 Å². The molecule has 1 aromatic carbocycles. The van der Waals surface area contributed by atoms with E-state index in [1.807, 2.05) is 6.20 Å². The van der Waals surface area contributed by atoms with Crippen molar-refractivity contribution >= 4 is 21.4 Å². The van der Waals surface area contributed by atoms with Gasteiger partial charge in [0, 0.05) is 12.1 Å². The zero-order valence-corrected chi connectivity index (χ0v) is 13.4. The lowest BCUT2D eigenvalue weighted by molar-refractivity contribution is 0.00812. The van der Waals surface area contributed by atoms with Gasteiger partial charge in [0.15, 0.2) is 0 Å². The Morgan fingerprint density at radius 2 is 2.13 bits per heavy atom. The summed E-state index contributed by atoms with van der Waals surface area (Å²) in [5, 5.41) is 8.55. The van der Waals surface area contributed by atoms with Gasteiger partial charge in [0.05, 0.1) is 24.6 Å². The number of benzene rings is 1. The maximum atomic E-state index is 13.0. The summed E-state index contributed by atoms with van der Waals surface area (Å²) >= 11 is 1.49. The Balaban J connectivity index is 1.38. The molecule has 0 spiro atoms. The van der Waals surface area contributed by atoms with Crippen LogP contribution in [0.25, 0.3) is 16.2 Å². The number of nitrogens with zero attached hydrogens (tertiary/aromatic N) is 3. The number of halogens is 1. The zero-order chi connectivity index (χ0) is 15.6. The Morgan fingerprint density at radius 1 is 1.30 bits per heavy atom. The van der Waals surface area contributed by atoms with Crippen molar-refractivity contribution in [3.8, 4) is 11.3 Å². The van der Waals surface area contributed by atoms with Gasteiger partial charge in [-0.3, -0.25) is 0 Å². The highest BCUT2D eigenvalue weighted by Crippen LogP contribution is 2.25. The highest BCUT2D eigenvalue weighted by Gasteiger charge is 2.17. The molecule has 1 aliphatic rings. The van der Waals surface area contributed by atoms with Gasteiger partial charge >= 0.3 is 0 Å². The molecule has 0 amide bonds. The largest absolute Gasteiger partial charge is 0.376 e. The monoisotopic (exact) mass is 332 g/mol. The number of nitrogens with one attached hydrogen (secondary N) is 1. The summed E-state index contributed by atoms with van der Waals surface area (Å²) in [5.74, 6) is -0.247. The van der Waals surface area contributed by atoms with Crippen LogP contribution in [0, 0.1) is 5.82 Å². The quantitative estimate of drug-likeness (QED) is 0.701. The minimum Gasteiger partial charge on any atom is -0.376 e. The predicted octanol–water partition coefficient (Wildman–Crippen LogP) is 3.58. The maximum absolute atomic E-state index is 13.0. The fourth-order valence-electron chi connectivity index (χ4n) is 2.45. The van der Waals surface area contributed by atoms with Crippen molar-refractivity contribution in [2.75, 3.05) is 18.5 Å². The van der Waals surface area contributed by atoms with Gasteiger partial charge in [-0.2, -0.15) is 0 Å². The molecule has 1 N–H and O–H groups in total. The van der Waals surface area contributed by atoms with Crippen LogP contribution in [-0.2, 0) is 4.74 Å². The summed E-state index contributed by atoms with van der Waals surface area (Å²) in [4.78, 5) is 5.35. The van der Waals surface area contributed by atoms with Crippen LogP contribution in [0.4, 0.5) is 9.52 Å². The third-order valence-electron chi connectivity index (χ3n) is 3.97. The molecule has 3 aromatic rings. The van der Waals surface area contributed by atoms with Crippen LogP contribution in [0.2, 0.25) is 0 Å². The second-order valence-electron chi connectivity index (χ2n) is 5.62. The van der Waals surface area contributed by atoms with E-state index in [-0.39, 0.29) is 5.82 Å². The van der Waals surface area contributed by atoms with Crippen molar-refractivity contribution in [2.45, 2.75) is 25.4 Å². The zero-order valence-electron chi connectivity index (χ0n) is 12.5. The molecular weight excluding hydrogens is 315 g/mol. The number of hydrogen-bond donors (Lipinski definition) is 1. The van der Waals surface area contributed by atoms with E-state index < -0.39 is 0 Å². The number of fused-ring (bicyclic) bond motifs is 1. The Bertz CT molecular complexity index is 763. The van der Waals surface area contributed by atoms with Crippen LogP contribution in [0.15, 0.2) is 30.5 Å². The molecule has 7 heteroatoms. The normalized spacial score (nSPS) is 15.0. The van der Waals surface area contributed by atoms with Crippen molar-refractivity contribution in [2.24, 2.45) is 0 Å². The van der Waals surface area contributed by atoms with Crippen LogP contribution in [0.1, 0.15) is 19.3 Å².